The molecule has 2 amide bonds. The van der Waals surface area contributed by atoms with Gasteiger partial charge in [0.25, 0.3) is 0 Å². The van der Waals surface area contributed by atoms with Gasteiger partial charge in [0.05, 0.1) is 0 Å². The monoisotopic (exact) mass is 274 g/mol. The van der Waals surface area contributed by atoms with E-state index >= 15 is 0 Å². The van der Waals surface area contributed by atoms with Gasteiger partial charge in [0.2, 0.25) is 11.8 Å². The number of carbonyl (C=O) groups excluding carboxylic acids is 2. The summed E-state index contributed by atoms with van der Waals surface area (Å²) in [6.45, 7) is 8.51. The summed E-state index contributed by atoms with van der Waals surface area (Å²) in [6, 6.07) is 7.95. The molecule has 108 valence electrons. The number of nitrogens with one attached hydrogen (secondary N) is 1. The summed E-state index contributed by atoms with van der Waals surface area (Å²) >= 11 is 0. The van der Waals surface area contributed by atoms with E-state index in [0.29, 0.717) is 26.1 Å². The van der Waals surface area contributed by atoms with Gasteiger partial charge in [-0.1, -0.05) is 30.3 Å². The van der Waals surface area contributed by atoms with Crippen LogP contribution in [0.25, 0.3) is 0 Å². The molecule has 1 aromatic carbocycles. The van der Waals surface area contributed by atoms with Crippen molar-refractivity contribution >= 4 is 11.8 Å². The van der Waals surface area contributed by atoms with Crippen LogP contribution in [0.15, 0.2) is 36.9 Å². The summed E-state index contributed by atoms with van der Waals surface area (Å²) in [4.78, 5) is 24.9. The number of nitrogens with zero attached hydrogens (tertiary/aromatic N) is 1. The van der Waals surface area contributed by atoms with Gasteiger partial charge in [0.1, 0.15) is 0 Å². The van der Waals surface area contributed by atoms with E-state index in [1.54, 1.807) is 11.0 Å². The van der Waals surface area contributed by atoms with Crippen molar-refractivity contribution in [1.29, 1.82) is 0 Å². The number of benzene rings is 1. The van der Waals surface area contributed by atoms with Crippen LogP contribution in [0.4, 0.5) is 0 Å². The van der Waals surface area contributed by atoms with Crippen LogP contribution in [-0.4, -0.2) is 29.8 Å². The van der Waals surface area contributed by atoms with E-state index in [0.717, 1.165) is 11.1 Å². The van der Waals surface area contributed by atoms with E-state index in [4.69, 9.17) is 0 Å². The lowest BCUT2D eigenvalue weighted by Gasteiger charge is -2.21. The van der Waals surface area contributed by atoms with Gasteiger partial charge < -0.3 is 10.2 Å². The molecule has 1 rings (SSSR count). The summed E-state index contributed by atoms with van der Waals surface area (Å²) in [7, 11) is 0. The third-order valence-corrected chi connectivity index (χ3v) is 3.12. The topological polar surface area (TPSA) is 49.4 Å². The van der Waals surface area contributed by atoms with Crippen LogP contribution in [0.3, 0.4) is 0 Å². The van der Waals surface area contributed by atoms with E-state index in [9.17, 15) is 9.59 Å². The van der Waals surface area contributed by atoms with Gasteiger partial charge in [-0.05, 0) is 18.1 Å². The van der Waals surface area contributed by atoms with Crippen LogP contribution in [0.2, 0.25) is 0 Å². The van der Waals surface area contributed by atoms with E-state index in [1.165, 1.54) is 6.92 Å². The van der Waals surface area contributed by atoms with Gasteiger partial charge >= 0.3 is 0 Å². The normalized spacial score (nSPS) is 9.90. The molecule has 0 heterocycles. The summed E-state index contributed by atoms with van der Waals surface area (Å²) in [5, 5.41) is 2.71. The van der Waals surface area contributed by atoms with Gasteiger partial charge in [-0.15, -0.1) is 6.58 Å². The second-order valence-electron chi connectivity index (χ2n) is 4.71. The SMILES string of the molecule is C=CCNC(=O)CCN(Cc1ccccc1C)C(C)=O. The number of rotatable bonds is 7. The van der Waals surface area contributed by atoms with Crippen LogP contribution in [0, 0.1) is 6.92 Å². The van der Waals surface area contributed by atoms with Gasteiger partial charge in [0.15, 0.2) is 0 Å². The first-order chi connectivity index (χ1) is 9.54. The quantitative estimate of drug-likeness (QED) is 0.773. The van der Waals surface area contributed by atoms with Crippen molar-refractivity contribution in [3.8, 4) is 0 Å². The van der Waals surface area contributed by atoms with Crippen molar-refractivity contribution in [2.24, 2.45) is 0 Å². The van der Waals surface area contributed by atoms with Crippen molar-refractivity contribution in [3.63, 3.8) is 0 Å². The lowest BCUT2D eigenvalue weighted by molar-refractivity contribution is -0.130. The Hall–Kier alpha value is -2.10. The average molecular weight is 274 g/mol. The standard InChI is InChI=1S/C16H22N2O2/c1-4-10-17-16(20)9-11-18(14(3)19)12-15-8-6-5-7-13(15)2/h4-8H,1,9-12H2,2-3H3,(H,17,20). The minimum atomic E-state index is -0.0686. The Morgan fingerprint density at radius 1 is 1.35 bits per heavy atom. The van der Waals surface area contributed by atoms with Gasteiger partial charge in [-0.3, -0.25) is 9.59 Å². The Labute approximate surface area is 120 Å². The third kappa shape index (κ3) is 5.26. The second-order valence-corrected chi connectivity index (χ2v) is 4.71. The van der Waals surface area contributed by atoms with Gasteiger partial charge in [0, 0.05) is 33.0 Å². The first-order valence-electron chi connectivity index (χ1n) is 6.72. The molecule has 4 nitrogen and oxygen atoms in total. The highest BCUT2D eigenvalue weighted by Gasteiger charge is 2.12. The zero-order valence-corrected chi connectivity index (χ0v) is 12.2. The lowest BCUT2D eigenvalue weighted by atomic mass is 10.1. The van der Waals surface area contributed by atoms with Crippen molar-refractivity contribution in [1.82, 2.24) is 10.2 Å². The second kappa shape index (κ2) is 8.15. The molecule has 0 bridgehead atoms. The molecule has 0 aliphatic heterocycles. The summed E-state index contributed by atoms with van der Waals surface area (Å²) in [5.74, 6) is -0.0919. The molecule has 0 fully saturated rings. The fourth-order valence-corrected chi connectivity index (χ4v) is 1.85. The minimum absolute atomic E-state index is 0.0234. The highest BCUT2D eigenvalue weighted by atomic mass is 16.2. The van der Waals surface area contributed by atoms with E-state index in [1.807, 2.05) is 31.2 Å². The average Bonchev–Trinajstić information content (AvgIpc) is 2.42. The summed E-state index contributed by atoms with van der Waals surface area (Å²) < 4.78 is 0. The van der Waals surface area contributed by atoms with Crippen molar-refractivity contribution in [2.75, 3.05) is 13.1 Å². The molecule has 20 heavy (non-hydrogen) atoms. The van der Waals surface area contributed by atoms with Crippen molar-refractivity contribution < 1.29 is 9.59 Å². The molecule has 0 unspecified atom stereocenters. The van der Waals surface area contributed by atoms with Crippen LogP contribution >= 0.6 is 0 Å². The third-order valence-electron chi connectivity index (χ3n) is 3.12. The summed E-state index contributed by atoms with van der Waals surface area (Å²) in [5.41, 5.74) is 2.25. The molecule has 4 heteroatoms. The largest absolute Gasteiger partial charge is 0.353 e. The molecular formula is C16H22N2O2. The number of hydrogen-bond donors (Lipinski definition) is 1. The highest BCUT2D eigenvalue weighted by molar-refractivity contribution is 5.78. The molecule has 0 saturated carbocycles. The maximum absolute atomic E-state index is 11.7. The molecule has 0 spiro atoms. The Morgan fingerprint density at radius 2 is 2.05 bits per heavy atom. The number of amides is 2. The van der Waals surface area contributed by atoms with E-state index < -0.39 is 0 Å². The van der Waals surface area contributed by atoms with Gasteiger partial charge in [-0.2, -0.15) is 0 Å². The Kier molecular flexibility index (Phi) is 6.50. The smallest absolute Gasteiger partial charge is 0.222 e. The molecule has 0 atom stereocenters. The molecule has 1 aromatic rings. The Morgan fingerprint density at radius 3 is 2.65 bits per heavy atom. The van der Waals surface area contributed by atoms with E-state index in [-0.39, 0.29) is 11.8 Å². The van der Waals surface area contributed by atoms with Crippen LogP contribution in [0.5, 0.6) is 0 Å². The zero-order valence-electron chi connectivity index (χ0n) is 12.2. The first kappa shape index (κ1) is 16.0. The molecule has 0 aliphatic carbocycles. The zero-order chi connectivity index (χ0) is 15.0. The predicted molar refractivity (Wildman–Crippen MR) is 80.1 cm³/mol. The minimum Gasteiger partial charge on any atom is -0.353 e. The maximum Gasteiger partial charge on any atom is 0.222 e. The van der Waals surface area contributed by atoms with Crippen LogP contribution < -0.4 is 5.32 Å². The molecule has 1 N–H and O–H groups in total. The number of hydrogen-bond acceptors (Lipinski definition) is 2. The lowest BCUT2D eigenvalue weighted by Crippen LogP contribution is -2.33. The fourth-order valence-electron chi connectivity index (χ4n) is 1.85. The highest BCUT2D eigenvalue weighted by Crippen LogP contribution is 2.11. The predicted octanol–water partition coefficient (Wildman–Crippen LogP) is 2.04. The molecule has 0 saturated heterocycles. The van der Waals surface area contributed by atoms with E-state index in [2.05, 4.69) is 11.9 Å². The maximum atomic E-state index is 11.7. The first-order valence-corrected chi connectivity index (χ1v) is 6.72. The van der Waals surface area contributed by atoms with Gasteiger partial charge in [-0.25, -0.2) is 0 Å². The van der Waals surface area contributed by atoms with Crippen LogP contribution in [0.1, 0.15) is 24.5 Å². The summed E-state index contributed by atoms with van der Waals surface area (Å²) in [6.07, 6.45) is 1.94. The number of carbonyl (C=O) groups is 2. The van der Waals surface area contributed by atoms with Crippen molar-refractivity contribution in [2.45, 2.75) is 26.8 Å². The van der Waals surface area contributed by atoms with Crippen LogP contribution in [-0.2, 0) is 16.1 Å². The number of aryl methyl sites for hydroxylation is 1. The Bertz CT molecular complexity index is 483. The molecular weight excluding hydrogens is 252 g/mol. The van der Waals surface area contributed by atoms with Crippen molar-refractivity contribution in [3.05, 3.63) is 48.0 Å². The fraction of sp³-hybridized carbons (Fsp3) is 0.375. The molecule has 0 aliphatic rings. The Balaban J connectivity index is 2.57. The molecule has 0 aromatic heterocycles. The molecule has 0 radical (unpaired) electrons.